The summed E-state index contributed by atoms with van der Waals surface area (Å²) in [7, 11) is 4.06. The molecule has 0 amide bonds. The first kappa shape index (κ1) is 29.8. The Morgan fingerprint density at radius 1 is 0.743 bits per heavy atom. The van der Waals surface area contributed by atoms with E-state index in [0.29, 0.717) is 11.5 Å². The zero-order valence-electron chi connectivity index (χ0n) is 21.7. The minimum absolute atomic E-state index is 0.00306. The van der Waals surface area contributed by atoms with Crippen LogP contribution in [0.5, 0.6) is 0 Å². The zero-order valence-corrected chi connectivity index (χ0v) is 21.7. The van der Waals surface area contributed by atoms with Gasteiger partial charge in [-0.15, -0.1) is 0 Å². The number of nitrogens with two attached hydrogens (primary N) is 3. The number of anilines is 1. The molecular weight excluding hydrogens is 437 g/mol. The lowest BCUT2D eigenvalue weighted by Gasteiger charge is -2.15. The molecule has 0 saturated carbocycles. The number of nitriles is 1. The monoisotopic (exact) mass is 477 g/mol. The molecule has 188 valence electrons. The number of halogens is 1. The zero-order chi connectivity index (χ0) is 26.5. The van der Waals surface area contributed by atoms with Crippen LogP contribution in [0.15, 0.2) is 72.8 Å². The van der Waals surface area contributed by atoms with Gasteiger partial charge in [0, 0.05) is 37.9 Å². The molecule has 3 aromatic rings. The predicted octanol–water partition coefficient (Wildman–Crippen LogP) is 5.83. The van der Waals surface area contributed by atoms with Crippen molar-refractivity contribution >= 4 is 5.69 Å². The highest BCUT2D eigenvalue weighted by atomic mass is 19.1. The van der Waals surface area contributed by atoms with Crippen molar-refractivity contribution in [3.05, 3.63) is 101 Å². The van der Waals surface area contributed by atoms with Crippen LogP contribution in [0.2, 0.25) is 0 Å². The van der Waals surface area contributed by atoms with Crippen LogP contribution >= 0.6 is 0 Å². The highest BCUT2D eigenvalue weighted by Gasteiger charge is 2.09. The Kier molecular flexibility index (Phi) is 12.7. The van der Waals surface area contributed by atoms with Gasteiger partial charge in [0.2, 0.25) is 0 Å². The van der Waals surface area contributed by atoms with Crippen molar-refractivity contribution in [2.45, 2.75) is 45.8 Å². The molecule has 0 heterocycles. The summed E-state index contributed by atoms with van der Waals surface area (Å²) in [6.45, 7) is 7.99. The van der Waals surface area contributed by atoms with E-state index in [4.69, 9.17) is 22.5 Å². The molecule has 0 saturated heterocycles. The molecule has 5 nitrogen and oxygen atoms in total. The molecule has 3 unspecified atom stereocenters. The summed E-state index contributed by atoms with van der Waals surface area (Å²) in [5.41, 5.74) is 22.3. The maximum atomic E-state index is 12.5. The van der Waals surface area contributed by atoms with E-state index in [2.05, 4.69) is 29.2 Å². The second-order valence-electron chi connectivity index (χ2n) is 9.13. The minimum Gasteiger partial charge on any atom is -0.378 e. The van der Waals surface area contributed by atoms with Crippen molar-refractivity contribution in [1.82, 2.24) is 0 Å². The van der Waals surface area contributed by atoms with E-state index in [1.165, 1.54) is 23.4 Å². The Hall–Kier alpha value is -3.24. The van der Waals surface area contributed by atoms with Crippen LogP contribution in [-0.2, 0) is 0 Å². The van der Waals surface area contributed by atoms with Crippen LogP contribution in [0.4, 0.5) is 10.1 Å². The third-order valence-electron chi connectivity index (χ3n) is 5.43. The van der Waals surface area contributed by atoms with Gasteiger partial charge in [-0.1, -0.05) is 50.2 Å². The van der Waals surface area contributed by atoms with E-state index >= 15 is 0 Å². The topological polar surface area (TPSA) is 105 Å². The first-order valence-electron chi connectivity index (χ1n) is 11.8. The lowest BCUT2D eigenvalue weighted by molar-refractivity contribution is 0.513. The summed E-state index contributed by atoms with van der Waals surface area (Å²) < 4.78 is 12.5. The first-order valence-corrected chi connectivity index (χ1v) is 11.8. The molecule has 35 heavy (non-hydrogen) atoms. The van der Waals surface area contributed by atoms with Gasteiger partial charge in [0.25, 0.3) is 0 Å². The van der Waals surface area contributed by atoms with Gasteiger partial charge in [-0.05, 0) is 72.9 Å². The number of nitrogens with zero attached hydrogens (tertiary/aromatic N) is 2. The Morgan fingerprint density at radius 2 is 1.26 bits per heavy atom. The second kappa shape index (κ2) is 14.9. The van der Waals surface area contributed by atoms with Gasteiger partial charge in [-0.25, -0.2) is 4.39 Å². The quantitative estimate of drug-likeness (QED) is 0.429. The van der Waals surface area contributed by atoms with Crippen molar-refractivity contribution in [1.29, 1.82) is 5.26 Å². The second-order valence-corrected chi connectivity index (χ2v) is 9.13. The summed E-state index contributed by atoms with van der Waals surface area (Å²) in [4.78, 5) is 2.08. The number of hydrogen-bond donors (Lipinski definition) is 3. The summed E-state index contributed by atoms with van der Waals surface area (Å²) in [5, 5.41) is 8.55. The molecule has 0 spiro atoms. The lowest BCUT2D eigenvalue weighted by atomic mass is 9.97. The summed E-state index contributed by atoms with van der Waals surface area (Å²) in [5.74, 6) is 0.171. The van der Waals surface area contributed by atoms with Gasteiger partial charge in [-0.2, -0.15) is 5.26 Å². The molecule has 0 bridgehead atoms. The molecule has 0 aliphatic heterocycles. The highest BCUT2D eigenvalue weighted by molar-refractivity contribution is 5.47. The van der Waals surface area contributed by atoms with Gasteiger partial charge in [0.1, 0.15) is 5.82 Å². The van der Waals surface area contributed by atoms with E-state index in [1.807, 2.05) is 66.1 Å². The Balaban J connectivity index is 0.000000263. The van der Waals surface area contributed by atoms with Crippen LogP contribution in [0.3, 0.4) is 0 Å². The van der Waals surface area contributed by atoms with Crippen molar-refractivity contribution in [2.24, 2.45) is 23.1 Å². The fourth-order valence-electron chi connectivity index (χ4n) is 3.05. The van der Waals surface area contributed by atoms with Gasteiger partial charge in [0.05, 0.1) is 11.6 Å². The average Bonchev–Trinajstić information content (AvgIpc) is 2.84. The Morgan fingerprint density at radius 3 is 1.71 bits per heavy atom. The van der Waals surface area contributed by atoms with Crippen LogP contribution < -0.4 is 22.1 Å². The average molecular weight is 478 g/mol. The molecule has 6 N–H and O–H groups in total. The van der Waals surface area contributed by atoms with Crippen molar-refractivity contribution in [3.63, 3.8) is 0 Å². The van der Waals surface area contributed by atoms with Crippen LogP contribution in [0.1, 0.15) is 68.1 Å². The fraction of sp³-hybridized carbons (Fsp3) is 0.345. The van der Waals surface area contributed by atoms with Crippen LogP contribution in [0.25, 0.3) is 0 Å². The normalized spacial score (nSPS) is 12.7. The minimum atomic E-state index is -0.213. The molecule has 0 aliphatic carbocycles. The van der Waals surface area contributed by atoms with Crippen molar-refractivity contribution in [3.8, 4) is 6.07 Å². The molecule has 0 aliphatic rings. The lowest BCUT2D eigenvalue weighted by Crippen LogP contribution is -2.16. The predicted molar refractivity (Wildman–Crippen MR) is 145 cm³/mol. The maximum Gasteiger partial charge on any atom is 0.123 e. The first-order chi connectivity index (χ1) is 16.5. The molecule has 3 aromatic carbocycles. The fourth-order valence-corrected chi connectivity index (χ4v) is 3.05. The van der Waals surface area contributed by atoms with E-state index in [1.54, 1.807) is 18.2 Å². The summed E-state index contributed by atoms with van der Waals surface area (Å²) >= 11 is 0. The van der Waals surface area contributed by atoms with Crippen molar-refractivity contribution < 1.29 is 4.39 Å². The molecule has 3 atom stereocenters. The van der Waals surface area contributed by atoms with Crippen LogP contribution in [0, 0.1) is 23.1 Å². The van der Waals surface area contributed by atoms with E-state index in [-0.39, 0.29) is 23.9 Å². The maximum absolute atomic E-state index is 12.5. The largest absolute Gasteiger partial charge is 0.378 e. The highest BCUT2D eigenvalue weighted by Crippen LogP contribution is 2.19. The van der Waals surface area contributed by atoms with E-state index in [0.717, 1.165) is 11.1 Å². The number of benzene rings is 3. The molecule has 6 heteroatoms. The van der Waals surface area contributed by atoms with E-state index in [9.17, 15) is 4.39 Å². The summed E-state index contributed by atoms with van der Waals surface area (Å²) in [6.07, 6.45) is 0. The smallest absolute Gasteiger partial charge is 0.123 e. The third-order valence-corrected chi connectivity index (χ3v) is 5.43. The summed E-state index contributed by atoms with van der Waals surface area (Å²) in [6, 6.07) is 24.2. The number of rotatable bonds is 5. The Bertz CT molecular complexity index is 1030. The molecular formula is C29H40FN5. The standard InChI is InChI=1S/C10H14FN.C10H16N2.C9H10N2/c1-7(2)10(12)8-3-5-9(11)6-4-8;1-8(11)9-5-4-6-10(7-9)12(2)3;1-7(11)9-4-2-3-8(5-9)6-10/h3-7,10H,12H2,1-2H3;4-8H,11H2,1-3H3;2-5,7H,11H2,1H3. The van der Waals surface area contributed by atoms with Gasteiger partial charge >= 0.3 is 0 Å². The van der Waals surface area contributed by atoms with Gasteiger partial charge in [-0.3, -0.25) is 0 Å². The number of hydrogen-bond acceptors (Lipinski definition) is 5. The molecule has 0 aromatic heterocycles. The van der Waals surface area contributed by atoms with Crippen LogP contribution in [-0.4, -0.2) is 14.1 Å². The molecule has 0 fully saturated rings. The Labute approximate surface area is 210 Å². The van der Waals surface area contributed by atoms with Gasteiger partial charge in [0.15, 0.2) is 0 Å². The third kappa shape index (κ3) is 10.7. The van der Waals surface area contributed by atoms with Crippen molar-refractivity contribution in [2.75, 3.05) is 19.0 Å². The van der Waals surface area contributed by atoms with E-state index < -0.39 is 0 Å². The van der Waals surface area contributed by atoms with Gasteiger partial charge < -0.3 is 22.1 Å². The molecule has 0 radical (unpaired) electrons. The SMILES string of the molecule is CC(C)C(N)c1ccc(F)cc1.CC(N)c1cccc(C#N)c1.CC(N)c1cccc(N(C)C)c1. The molecule has 3 rings (SSSR count).